The molecule has 3 aliphatic rings. The first-order valence-electron chi connectivity index (χ1n) is 16.0. The zero-order valence-electron chi connectivity index (χ0n) is 27.1. The smallest absolute Gasteiger partial charge is 0.251 e. The quantitative estimate of drug-likeness (QED) is 0.263. The molecular formula is C36H44ClN3O5S. The number of ether oxygens (including phenoxy) is 1. The first-order valence-corrected chi connectivity index (χ1v) is 17.2. The fourth-order valence-corrected chi connectivity index (χ4v) is 10.5. The number of carbonyl (C=O) groups excluding carboxylic acids is 3. The molecule has 10 heteroatoms. The van der Waals surface area contributed by atoms with E-state index in [9.17, 15) is 19.5 Å². The number of aliphatic hydroxyl groups is 1. The van der Waals surface area contributed by atoms with E-state index >= 15 is 0 Å². The Morgan fingerprint density at radius 2 is 1.78 bits per heavy atom. The SMILES string of the molecule is C=CCN(C(=O)[C@@H]1[C@H]2C(=O)N([C@@H](CC)CO)C(C(=O)N(CC=C)c3c(C)cccc3Cl)C23CC[C@@]1(C)S3)c1ccc(OCC)cc1. The zero-order valence-corrected chi connectivity index (χ0v) is 28.7. The van der Waals surface area contributed by atoms with Gasteiger partial charge < -0.3 is 24.5 Å². The standard InChI is InChI=1S/C36H44ClN3O5S/c1-7-20-38(25-14-16-26(17-15-25)45-10-4)32(42)28-29-33(43)40(24(9-3)22-41)31(36(29)19-18-35(28,6)46-36)34(44)39(21-8-2)30-23(5)12-11-13-27(30)37/h7-8,11-17,24,28-29,31,41H,1-2,9-10,18-22H2,3-6H3/t24-,28-,29-,31?,35+,36?/m0/s1. The summed E-state index contributed by atoms with van der Waals surface area (Å²) in [4.78, 5) is 49.4. The number of aliphatic hydroxyl groups excluding tert-OH is 1. The molecule has 2 aromatic rings. The minimum absolute atomic E-state index is 0.172. The van der Waals surface area contributed by atoms with Crippen molar-refractivity contribution in [1.29, 1.82) is 0 Å². The molecule has 2 unspecified atom stereocenters. The lowest BCUT2D eigenvalue weighted by molar-refractivity contribution is -0.142. The van der Waals surface area contributed by atoms with Crippen molar-refractivity contribution < 1.29 is 24.2 Å². The summed E-state index contributed by atoms with van der Waals surface area (Å²) in [6.07, 6.45) is 5.05. The Labute approximate surface area is 281 Å². The average molecular weight is 666 g/mol. The van der Waals surface area contributed by atoms with Gasteiger partial charge in [0.15, 0.2) is 0 Å². The summed E-state index contributed by atoms with van der Waals surface area (Å²) < 4.78 is 4.18. The maximum Gasteiger partial charge on any atom is 0.251 e. The predicted octanol–water partition coefficient (Wildman–Crippen LogP) is 6.04. The van der Waals surface area contributed by atoms with Crippen LogP contribution < -0.4 is 14.5 Å². The largest absolute Gasteiger partial charge is 0.494 e. The van der Waals surface area contributed by atoms with Crippen LogP contribution in [0.2, 0.25) is 5.02 Å². The lowest BCUT2D eigenvalue weighted by Crippen LogP contribution is -2.57. The van der Waals surface area contributed by atoms with Crippen molar-refractivity contribution in [3.8, 4) is 5.75 Å². The molecule has 3 heterocycles. The van der Waals surface area contributed by atoms with Crippen molar-refractivity contribution in [2.45, 2.75) is 68.5 Å². The van der Waals surface area contributed by atoms with E-state index in [1.54, 1.807) is 44.7 Å². The van der Waals surface area contributed by atoms with Gasteiger partial charge in [0.2, 0.25) is 11.8 Å². The number of rotatable bonds is 13. The topological polar surface area (TPSA) is 90.4 Å². The molecule has 2 bridgehead atoms. The van der Waals surface area contributed by atoms with Crippen LogP contribution in [-0.2, 0) is 14.4 Å². The van der Waals surface area contributed by atoms with Gasteiger partial charge in [0.25, 0.3) is 5.91 Å². The van der Waals surface area contributed by atoms with Crippen LogP contribution in [0.3, 0.4) is 0 Å². The number of fused-ring (bicyclic) bond motifs is 1. The van der Waals surface area contributed by atoms with Crippen molar-refractivity contribution in [1.82, 2.24) is 4.90 Å². The molecule has 46 heavy (non-hydrogen) atoms. The second kappa shape index (κ2) is 13.5. The first kappa shape index (κ1) is 34.1. The van der Waals surface area contributed by atoms with Gasteiger partial charge in [-0.15, -0.1) is 24.9 Å². The highest BCUT2D eigenvalue weighted by atomic mass is 35.5. The highest BCUT2D eigenvalue weighted by Crippen LogP contribution is 2.72. The third-order valence-corrected chi connectivity index (χ3v) is 12.2. The molecule has 3 amide bonds. The third-order valence-electron chi connectivity index (χ3n) is 9.86. The molecule has 3 fully saturated rings. The molecule has 0 radical (unpaired) electrons. The van der Waals surface area contributed by atoms with E-state index in [2.05, 4.69) is 20.1 Å². The summed E-state index contributed by atoms with van der Waals surface area (Å²) >= 11 is 8.30. The molecule has 8 nitrogen and oxygen atoms in total. The molecule has 1 N–H and O–H groups in total. The number of benzene rings is 2. The van der Waals surface area contributed by atoms with Gasteiger partial charge in [0.05, 0.1) is 46.5 Å². The molecule has 3 saturated heterocycles. The Bertz CT molecular complexity index is 1490. The van der Waals surface area contributed by atoms with Crippen LogP contribution in [0.5, 0.6) is 5.75 Å². The van der Waals surface area contributed by atoms with Crippen LogP contribution in [0.1, 0.15) is 45.6 Å². The molecule has 0 aromatic heterocycles. The van der Waals surface area contributed by atoms with Gasteiger partial charge in [-0.3, -0.25) is 14.4 Å². The number of nitrogens with zero attached hydrogens (tertiary/aromatic N) is 3. The number of amides is 3. The van der Waals surface area contributed by atoms with Crippen LogP contribution >= 0.6 is 23.4 Å². The van der Waals surface area contributed by atoms with Gasteiger partial charge in [0.1, 0.15) is 11.8 Å². The number of thioether (sulfide) groups is 1. The Balaban J connectivity index is 1.62. The molecular weight excluding hydrogens is 622 g/mol. The van der Waals surface area contributed by atoms with E-state index in [4.69, 9.17) is 16.3 Å². The monoisotopic (exact) mass is 665 g/mol. The second-order valence-electron chi connectivity index (χ2n) is 12.5. The predicted molar refractivity (Wildman–Crippen MR) is 186 cm³/mol. The average Bonchev–Trinajstić information content (AvgIpc) is 3.61. The van der Waals surface area contributed by atoms with Crippen LogP contribution in [0, 0.1) is 18.8 Å². The van der Waals surface area contributed by atoms with Crippen LogP contribution in [0.25, 0.3) is 0 Å². The van der Waals surface area contributed by atoms with Crippen molar-refractivity contribution in [2.24, 2.45) is 11.8 Å². The molecule has 6 atom stereocenters. The molecule has 1 spiro atoms. The van der Waals surface area contributed by atoms with E-state index in [0.717, 1.165) is 5.56 Å². The number of likely N-dealkylation sites (tertiary alicyclic amines) is 1. The lowest BCUT2D eigenvalue weighted by Gasteiger charge is -2.40. The highest BCUT2D eigenvalue weighted by molar-refractivity contribution is 8.02. The number of hydrogen-bond acceptors (Lipinski definition) is 6. The molecule has 3 aliphatic heterocycles. The van der Waals surface area contributed by atoms with E-state index in [1.807, 2.05) is 57.2 Å². The molecule has 246 valence electrons. The molecule has 2 aromatic carbocycles. The van der Waals surface area contributed by atoms with E-state index in [0.29, 0.717) is 48.0 Å². The van der Waals surface area contributed by atoms with E-state index in [-0.39, 0.29) is 37.4 Å². The summed E-state index contributed by atoms with van der Waals surface area (Å²) in [5, 5.41) is 10.9. The van der Waals surface area contributed by atoms with Crippen molar-refractivity contribution in [3.63, 3.8) is 0 Å². The van der Waals surface area contributed by atoms with Gasteiger partial charge >= 0.3 is 0 Å². The van der Waals surface area contributed by atoms with Crippen molar-refractivity contribution in [3.05, 3.63) is 78.4 Å². The van der Waals surface area contributed by atoms with Crippen molar-refractivity contribution in [2.75, 3.05) is 36.1 Å². The maximum absolute atomic E-state index is 15.0. The highest BCUT2D eigenvalue weighted by Gasteiger charge is 2.78. The fraction of sp³-hybridized carbons (Fsp3) is 0.472. The molecule has 5 rings (SSSR count). The number of halogens is 1. The normalized spacial score (nSPS) is 26.9. The maximum atomic E-state index is 15.0. The summed E-state index contributed by atoms with van der Waals surface area (Å²) in [5.41, 5.74) is 2.07. The summed E-state index contributed by atoms with van der Waals surface area (Å²) in [5.74, 6) is -1.43. The Morgan fingerprint density at radius 1 is 1.11 bits per heavy atom. The Morgan fingerprint density at radius 3 is 2.37 bits per heavy atom. The fourth-order valence-electron chi connectivity index (χ4n) is 7.87. The minimum atomic E-state index is -0.902. The van der Waals surface area contributed by atoms with Crippen LogP contribution in [0.4, 0.5) is 11.4 Å². The number of aryl methyl sites for hydroxylation is 1. The lowest BCUT2D eigenvalue weighted by atomic mass is 9.66. The Kier molecular flexibility index (Phi) is 9.97. The molecule has 0 aliphatic carbocycles. The number of carbonyl (C=O) groups is 3. The first-order chi connectivity index (χ1) is 22.0. The Hall–Kier alpha value is -3.27. The van der Waals surface area contributed by atoms with Crippen molar-refractivity contribution >= 4 is 52.5 Å². The van der Waals surface area contributed by atoms with E-state index in [1.165, 1.54) is 0 Å². The van der Waals surface area contributed by atoms with Crippen LogP contribution in [-0.4, -0.2) is 75.6 Å². The van der Waals surface area contributed by atoms with Crippen LogP contribution in [0.15, 0.2) is 67.8 Å². The minimum Gasteiger partial charge on any atom is -0.494 e. The number of anilines is 2. The zero-order chi connectivity index (χ0) is 33.4. The summed E-state index contributed by atoms with van der Waals surface area (Å²) in [7, 11) is 0. The number of para-hydroxylation sites is 1. The number of hydrogen-bond donors (Lipinski definition) is 1. The van der Waals surface area contributed by atoms with Gasteiger partial charge in [-0.25, -0.2) is 0 Å². The summed E-state index contributed by atoms with van der Waals surface area (Å²) in [6, 6.07) is 11.3. The van der Waals surface area contributed by atoms with Gasteiger partial charge in [-0.1, -0.05) is 42.8 Å². The van der Waals surface area contributed by atoms with Gasteiger partial charge in [0, 0.05) is 23.5 Å². The van der Waals surface area contributed by atoms with Gasteiger partial charge in [-0.2, -0.15) is 0 Å². The second-order valence-corrected chi connectivity index (χ2v) is 14.8. The third kappa shape index (κ3) is 5.44. The van der Waals surface area contributed by atoms with Gasteiger partial charge in [-0.05, 0) is 75.9 Å². The van der Waals surface area contributed by atoms with E-state index < -0.39 is 33.4 Å². The summed E-state index contributed by atoms with van der Waals surface area (Å²) in [6.45, 7) is 16.3. The molecule has 0 saturated carbocycles.